The second-order valence-corrected chi connectivity index (χ2v) is 5.77. The van der Waals surface area contributed by atoms with Gasteiger partial charge in [-0.3, -0.25) is 4.79 Å². The predicted octanol–water partition coefficient (Wildman–Crippen LogP) is 2.28. The van der Waals surface area contributed by atoms with Crippen molar-refractivity contribution in [3.05, 3.63) is 66.2 Å². The SMILES string of the molecule is COc1ccc([C@@H](O)Cn2cnc(C(=O)Nc3cccc(OC)c3)n2)cc1. The van der Waals surface area contributed by atoms with Crippen molar-refractivity contribution in [2.24, 2.45) is 0 Å². The number of carbonyl (C=O) groups is 1. The summed E-state index contributed by atoms with van der Waals surface area (Å²) in [7, 11) is 3.14. The lowest BCUT2D eigenvalue weighted by atomic mass is 10.1. The average molecular weight is 368 g/mol. The highest BCUT2D eigenvalue weighted by molar-refractivity contribution is 6.01. The van der Waals surface area contributed by atoms with Gasteiger partial charge in [0, 0.05) is 11.8 Å². The fraction of sp³-hybridized carbons (Fsp3) is 0.211. The number of hydrogen-bond acceptors (Lipinski definition) is 6. The summed E-state index contributed by atoms with van der Waals surface area (Å²) in [4.78, 5) is 16.3. The van der Waals surface area contributed by atoms with Crippen molar-refractivity contribution in [1.82, 2.24) is 14.8 Å². The molecule has 0 bridgehead atoms. The Kier molecular flexibility index (Phi) is 5.68. The van der Waals surface area contributed by atoms with Crippen LogP contribution in [0.4, 0.5) is 5.69 Å². The summed E-state index contributed by atoms with van der Waals surface area (Å²) in [6, 6.07) is 14.1. The van der Waals surface area contributed by atoms with Crippen molar-refractivity contribution < 1.29 is 19.4 Å². The third kappa shape index (κ3) is 4.62. The van der Waals surface area contributed by atoms with Crippen LogP contribution in [0.5, 0.6) is 11.5 Å². The molecule has 3 rings (SSSR count). The topological polar surface area (TPSA) is 98.5 Å². The number of amides is 1. The minimum atomic E-state index is -0.785. The monoisotopic (exact) mass is 368 g/mol. The van der Waals surface area contributed by atoms with E-state index in [2.05, 4.69) is 15.4 Å². The number of anilines is 1. The van der Waals surface area contributed by atoms with Crippen molar-refractivity contribution in [3.63, 3.8) is 0 Å². The Morgan fingerprint density at radius 1 is 1.15 bits per heavy atom. The summed E-state index contributed by atoms with van der Waals surface area (Å²) in [5, 5.41) is 17.2. The van der Waals surface area contributed by atoms with Crippen molar-refractivity contribution in [2.45, 2.75) is 12.6 Å². The number of aliphatic hydroxyl groups is 1. The maximum absolute atomic E-state index is 12.3. The van der Waals surface area contributed by atoms with E-state index in [4.69, 9.17) is 9.47 Å². The summed E-state index contributed by atoms with van der Waals surface area (Å²) in [6.45, 7) is 0.172. The standard InChI is InChI=1S/C19H20N4O4/c1-26-15-8-6-13(7-9-15)17(24)11-23-12-20-18(22-23)19(25)21-14-4-3-5-16(10-14)27-2/h3-10,12,17,24H,11H2,1-2H3,(H,21,25)/t17-/m0/s1. The molecule has 0 aliphatic rings. The number of ether oxygens (including phenoxy) is 2. The van der Waals surface area contributed by atoms with Gasteiger partial charge < -0.3 is 19.9 Å². The summed E-state index contributed by atoms with van der Waals surface area (Å²) in [6.07, 6.45) is 0.625. The van der Waals surface area contributed by atoms with Crippen molar-refractivity contribution in [1.29, 1.82) is 0 Å². The molecule has 0 spiro atoms. The molecule has 2 aromatic carbocycles. The fourth-order valence-electron chi connectivity index (χ4n) is 2.48. The predicted molar refractivity (Wildman–Crippen MR) is 98.9 cm³/mol. The Balaban J connectivity index is 1.63. The van der Waals surface area contributed by atoms with Crippen molar-refractivity contribution >= 4 is 11.6 Å². The van der Waals surface area contributed by atoms with Crippen LogP contribution in [0.1, 0.15) is 22.3 Å². The Hall–Kier alpha value is -3.39. The smallest absolute Gasteiger partial charge is 0.295 e. The molecule has 0 unspecified atom stereocenters. The van der Waals surface area contributed by atoms with Gasteiger partial charge in [-0.25, -0.2) is 9.67 Å². The highest BCUT2D eigenvalue weighted by Crippen LogP contribution is 2.19. The second kappa shape index (κ2) is 8.33. The number of aromatic nitrogens is 3. The minimum absolute atomic E-state index is 0.0137. The molecule has 0 saturated carbocycles. The number of hydrogen-bond donors (Lipinski definition) is 2. The molecule has 1 aromatic heterocycles. The number of aliphatic hydroxyl groups excluding tert-OH is 1. The first-order valence-corrected chi connectivity index (χ1v) is 8.26. The number of nitrogens with one attached hydrogen (secondary N) is 1. The number of nitrogens with zero attached hydrogens (tertiary/aromatic N) is 3. The van der Waals surface area contributed by atoms with Crippen LogP contribution in [0.25, 0.3) is 0 Å². The largest absolute Gasteiger partial charge is 0.497 e. The molecule has 0 fully saturated rings. The highest BCUT2D eigenvalue weighted by atomic mass is 16.5. The molecule has 0 radical (unpaired) electrons. The van der Waals surface area contributed by atoms with Gasteiger partial charge in [-0.1, -0.05) is 18.2 Å². The fourth-order valence-corrected chi connectivity index (χ4v) is 2.48. The van der Waals surface area contributed by atoms with Crippen LogP contribution in [0, 0.1) is 0 Å². The molecule has 0 aliphatic carbocycles. The van der Waals surface area contributed by atoms with Gasteiger partial charge >= 0.3 is 0 Å². The average Bonchev–Trinajstić information content (AvgIpc) is 3.17. The lowest BCUT2D eigenvalue weighted by Crippen LogP contribution is -2.15. The van der Waals surface area contributed by atoms with Crippen LogP contribution < -0.4 is 14.8 Å². The second-order valence-electron chi connectivity index (χ2n) is 5.77. The summed E-state index contributed by atoms with van der Waals surface area (Å²) in [5.41, 5.74) is 1.29. The third-order valence-corrected chi connectivity index (χ3v) is 3.93. The number of carbonyl (C=O) groups excluding carboxylic acids is 1. The van der Waals surface area contributed by atoms with E-state index in [-0.39, 0.29) is 12.4 Å². The minimum Gasteiger partial charge on any atom is -0.497 e. The molecular formula is C19H20N4O4. The maximum atomic E-state index is 12.3. The van der Waals surface area contributed by atoms with Crippen LogP contribution in [-0.4, -0.2) is 40.0 Å². The van der Waals surface area contributed by atoms with E-state index in [1.807, 2.05) is 0 Å². The van der Waals surface area contributed by atoms with Crippen molar-refractivity contribution in [3.8, 4) is 11.5 Å². The summed E-state index contributed by atoms with van der Waals surface area (Å²) < 4.78 is 11.6. The van der Waals surface area contributed by atoms with Gasteiger partial charge in [0.2, 0.25) is 5.82 Å². The van der Waals surface area contributed by atoms with E-state index in [9.17, 15) is 9.90 Å². The Bertz CT molecular complexity index is 908. The zero-order valence-electron chi connectivity index (χ0n) is 15.0. The molecule has 140 valence electrons. The number of methoxy groups -OCH3 is 2. The van der Waals surface area contributed by atoms with Crippen LogP contribution >= 0.6 is 0 Å². The van der Waals surface area contributed by atoms with Crippen LogP contribution in [0.15, 0.2) is 54.9 Å². The van der Waals surface area contributed by atoms with E-state index in [1.165, 1.54) is 11.0 Å². The summed E-state index contributed by atoms with van der Waals surface area (Å²) >= 11 is 0. The Labute approximate surface area is 156 Å². The molecule has 27 heavy (non-hydrogen) atoms. The van der Waals surface area contributed by atoms with Gasteiger partial charge in [0.1, 0.15) is 17.8 Å². The van der Waals surface area contributed by atoms with Crippen molar-refractivity contribution in [2.75, 3.05) is 19.5 Å². The number of rotatable bonds is 7. The van der Waals surface area contributed by atoms with E-state index in [1.54, 1.807) is 62.8 Å². The van der Waals surface area contributed by atoms with Crippen LogP contribution in [-0.2, 0) is 6.54 Å². The quantitative estimate of drug-likeness (QED) is 0.664. The highest BCUT2D eigenvalue weighted by Gasteiger charge is 2.15. The van der Waals surface area contributed by atoms with Gasteiger partial charge in [-0.15, -0.1) is 5.10 Å². The molecule has 1 heterocycles. The first kappa shape index (κ1) is 18.4. The van der Waals surface area contributed by atoms with E-state index in [0.29, 0.717) is 22.7 Å². The molecule has 0 aliphatic heterocycles. The van der Waals surface area contributed by atoms with Gasteiger partial charge in [-0.05, 0) is 29.8 Å². The van der Waals surface area contributed by atoms with Gasteiger partial charge in [0.15, 0.2) is 0 Å². The van der Waals surface area contributed by atoms with Crippen LogP contribution in [0.3, 0.4) is 0 Å². The lowest BCUT2D eigenvalue weighted by Gasteiger charge is -2.11. The molecule has 8 nitrogen and oxygen atoms in total. The zero-order valence-corrected chi connectivity index (χ0v) is 15.0. The molecule has 0 saturated heterocycles. The molecule has 3 aromatic rings. The first-order valence-electron chi connectivity index (χ1n) is 8.26. The maximum Gasteiger partial charge on any atom is 0.295 e. The summed E-state index contributed by atoms with van der Waals surface area (Å²) in [5.74, 6) is 0.915. The zero-order chi connectivity index (χ0) is 19.2. The van der Waals surface area contributed by atoms with Gasteiger partial charge in [-0.2, -0.15) is 0 Å². The lowest BCUT2D eigenvalue weighted by molar-refractivity contribution is 0.101. The van der Waals surface area contributed by atoms with E-state index >= 15 is 0 Å². The molecule has 2 N–H and O–H groups in total. The molecule has 8 heteroatoms. The van der Waals surface area contributed by atoms with E-state index in [0.717, 1.165) is 0 Å². The normalized spacial score (nSPS) is 11.7. The van der Waals surface area contributed by atoms with Gasteiger partial charge in [0.05, 0.1) is 26.9 Å². The first-order chi connectivity index (χ1) is 13.1. The Morgan fingerprint density at radius 2 is 1.89 bits per heavy atom. The molecule has 1 amide bonds. The molecule has 1 atom stereocenters. The molecular weight excluding hydrogens is 348 g/mol. The third-order valence-electron chi connectivity index (χ3n) is 3.93. The number of benzene rings is 2. The Morgan fingerprint density at radius 3 is 2.59 bits per heavy atom. The van der Waals surface area contributed by atoms with Gasteiger partial charge in [0.25, 0.3) is 5.91 Å². The van der Waals surface area contributed by atoms with E-state index < -0.39 is 12.0 Å². The van der Waals surface area contributed by atoms with Crippen LogP contribution in [0.2, 0.25) is 0 Å².